The largest absolute Gasteiger partial charge is 0.339 e. The van der Waals surface area contributed by atoms with Gasteiger partial charge in [-0.3, -0.25) is 14.5 Å². The zero-order chi connectivity index (χ0) is 17.7. The first-order valence-corrected chi connectivity index (χ1v) is 9.27. The number of piperazine rings is 1. The molecule has 0 aliphatic carbocycles. The Morgan fingerprint density at radius 1 is 0.920 bits per heavy atom. The summed E-state index contributed by atoms with van der Waals surface area (Å²) in [4.78, 5) is 30.7. The molecule has 0 unspecified atom stereocenters. The van der Waals surface area contributed by atoms with Gasteiger partial charge in [0.2, 0.25) is 11.8 Å². The van der Waals surface area contributed by atoms with Crippen LogP contribution in [0.15, 0.2) is 10.2 Å². The van der Waals surface area contributed by atoms with E-state index < -0.39 is 5.66 Å². The maximum atomic E-state index is 12.4. The fraction of sp³-hybridized carbons (Fsp3) is 0.778. The van der Waals surface area contributed by atoms with Crippen molar-refractivity contribution in [1.82, 2.24) is 14.7 Å². The molecule has 2 saturated heterocycles. The van der Waals surface area contributed by atoms with E-state index in [1.54, 1.807) is 0 Å². The molecule has 0 saturated carbocycles. The Morgan fingerprint density at radius 2 is 1.52 bits per heavy atom. The van der Waals surface area contributed by atoms with Gasteiger partial charge in [-0.2, -0.15) is 10.2 Å². The number of rotatable bonds is 7. The van der Waals surface area contributed by atoms with E-state index in [9.17, 15) is 9.59 Å². The molecule has 0 aromatic carbocycles. The first-order valence-electron chi connectivity index (χ1n) is 9.27. The van der Waals surface area contributed by atoms with Gasteiger partial charge in [0.05, 0.1) is 6.54 Å². The predicted molar refractivity (Wildman–Crippen MR) is 93.7 cm³/mol. The number of amides is 2. The number of carbonyl (C=O) groups is 2. The van der Waals surface area contributed by atoms with Gasteiger partial charge in [0.25, 0.3) is 0 Å². The molecule has 136 valence electrons. The Labute approximate surface area is 149 Å². The van der Waals surface area contributed by atoms with Crippen molar-refractivity contribution in [2.75, 3.05) is 45.8 Å². The van der Waals surface area contributed by atoms with Crippen LogP contribution >= 0.6 is 0 Å². The highest BCUT2D eigenvalue weighted by Crippen LogP contribution is 2.37. The lowest BCUT2D eigenvalue weighted by Crippen LogP contribution is -2.52. The smallest absolute Gasteiger partial charge is 0.236 e. The highest BCUT2D eigenvalue weighted by atomic mass is 16.2. The number of hydrogen-bond acceptors (Lipinski definition) is 5. The molecule has 0 bridgehead atoms. The summed E-state index contributed by atoms with van der Waals surface area (Å²) in [6, 6.07) is 0. The van der Waals surface area contributed by atoms with E-state index in [0.717, 1.165) is 19.5 Å². The second kappa shape index (κ2) is 7.96. The lowest BCUT2D eigenvalue weighted by molar-refractivity contribution is -0.140. The molecule has 2 amide bonds. The Morgan fingerprint density at radius 3 is 2.08 bits per heavy atom. The average Bonchev–Trinajstić information content (AvgIpc) is 3.23. The van der Waals surface area contributed by atoms with Crippen LogP contribution in [0.4, 0.5) is 0 Å². The zero-order valence-corrected chi connectivity index (χ0v) is 14.8. The quantitative estimate of drug-likeness (QED) is 0.649. The van der Waals surface area contributed by atoms with Gasteiger partial charge in [0.15, 0.2) is 5.66 Å². The molecule has 0 radical (unpaired) electrons. The summed E-state index contributed by atoms with van der Waals surface area (Å²) in [5.41, 5.74) is -0.393. The van der Waals surface area contributed by atoms with Crippen LogP contribution in [0, 0.1) is 12.3 Å². The molecule has 0 N–H and O–H groups in total. The summed E-state index contributed by atoms with van der Waals surface area (Å²) < 4.78 is 0. The molecular formula is C18H27N5O2. The van der Waals surface area contributed by atoms with Gasteiger partial charge in [0, 0.05) is 51.9 Å². The van der Waals surface area contributed by atoms with Crippen LogP contribution in [-0.2, 0) is 9.59 Å². The van der Waals surface area contributed by atoms with Gasteiger partial charge >= 0.3 is 0 Å². The maximum Gasteiger partial charge on any atom is 0.236 e. The lowest BCUT2D eigenvalue weighted by atomic mass is 10.0. The van der Waals surface area contributed by atoms with Crippen LogP contribution in [-0.4, -0.2) is 78.0 Å². The fourth-order valence-corrected chi connectivity index (χ4v) is 3.57. The van der Waals surface area contributed by atoms with Gasteiger partial charge in [-0.05, 0) is 25.9 Å². The van der Waals surface area contributed by atoms with E-state index in [1.807, 2.05) is 9.80 Å². The maximum absolute atomic E-state index is 12.4. The number of carbonyl (C=O) groups excluding carboxylic acids is 2. The van der Waals surface area contributed by atoms with Crippen molar-refractivity contribution in [1.29, 1.82) is 0 Å². The molecule has 0 aromatic heterocycles. The second-order valence-electron chi connectivity index (χ2n) is 7.13. The molecule has 7 heteroatoms. The monoisotopic (exact) mass is 345 g/mol. The summed E-state index contributed by atoms with van der Waals surface area (Å²) in [5, 5.41) is 8.15. The highest BCUT2D eigenvalue weighted by Gasteiger charge is 2.39. The van der Waals surface area contributed by atoms with Crippen molar-refractivity contribution >= 4 is 11.8 Å². The minimum absolute atomic E-state index is 0.129. The van der Waals surface area contributed by atoms with E-state index >= 15 is 0 Å². The first-order chi connectivity index (χ1) is 12.1. The summed E-state index contributed by atoms with van der Waals surface area (Å²) >= 11 is 0. The molecule has 3 aliphatic rings. The standard InChI is InChI=1S/C18H27N5O2/c1-2-3-7-18(19-20-18)8-6-16(24)22-11-13-23(14-12-22)17(25)15-21-9-4-5-10-21/h1H,3-15H2. The SMILES string of the molecule is C#CCCC1(CCC(=O)N2CCN(C(=O)CN3CCCC3)CC2)N=N1. The molecule has 3 heterocycles. The lowest BCUT2D eigenvalue weighted by Gasteiger charge is -2.35. The van der Waals surface area contributed by atoms with E-state index in [2.05, 4.69) is 21.0 Å². The van der Waals surface area contributed by atoms with E-state index in [4.69, 9.17) is 6.42 Å². The molecule has 0 aromatic rings. The van der Waals surface area contributed by atoms with Crippen LogP contribution in [0.1, 0.15) is 38.5 Å². The molecule has 3 aliphatic heterocycles. The van der Waals surface area contributed by atoms with E-state index in [-0.39, 0.29) is 11.8 Å². The van der Waals surface area contributed by atoms with Crippen LogP contribution in [0.3, 0.4) is 0 Å². The molecule has 3 rings (SSSR count). The fourth-order valence-electron chi connectivity index (χ4n) is 3.57. The normalized spacial score (nSPS) is 22.0. The van der Waals surface area contributed by atoms with Crippen LogP contribution in [0.5, 0.6) is 0 Å². The summed E-state index contributed by atoms with van der Waals surface area (Å²) in [7, 11) is 0. The minimum Gasteiger partial charge on any atom is -0.339 e. The van der Waals surface area contributed by atoms with Crippen LogP contribution in [0.25, 0.3) is 0 Å². The predicted octanol–water partition coefficient (Wildman–Crippen LogP) is 1.11. The van der Waals surface area contributed by atoms with E-state index in [0.29, 0.717) is 52.0 Å². The topological polar surface area (TPSA) is 68.6 Å². The molecule has 0 atom stereocenters. The van der Waals surface area contributed by atoms with Gasteiger partial charge in [-0.1, -0.05) is 0 Å². The summed E-state index contributed by atoms with van der Waals surface area (Å²) in [6.07, 6.45) is 10.1. The third-order valence-corrected chi connectivity index (χ3v) is 5.33. The highest BCUT2D eigenvalue weighted by molar-refractivity contribution is 5.79. The second-order valence-corrected chi connectivity index (χ2v) is 7.13. The third kappa shape index (κ3) is 4.79. The molecule has 25 heavy (non-hydrogen) atoms. The van der Waals surface area contributed by atoms with Gasteiger partial charge < -0.3 is 9.80 Å². The van der Waals surface area contributed by atoms with Crippen molar-refractivity contribution in [3.63, 3.8) is 0 Å². The van der Waals surface area contributed by atoms with Gasteiger partial charge in [-0.15, -0.1) is 12.3 Å². The Kier molecular flexibility index (Phi) is 5.69. The molecular weight excluding hydrogens is 318 g/mol. The summed E-state index contributed by atoms with van der Waals surface area (Å²) in [6.45, 7) is 5.09. The van der Waals surface area contributed by atoms with E-state index in [1.165, 1.54) is 12.8 Å². The number of nitrogens with zero attached hydrogens (tertiary/aromatic N) is 5. The van der Waals surface area contributed by atoms with Crippen molar-refractivity contribution in [2.24, 2.45) is 10.2 Å². The Bertz CT molecular complexity index is 563. The molecule has 7 nitrogen and oxygen atoms in total. The number of hydrogen-bond donors (Lipinski definition) is 0. The van der Waals surface area contributed by atoms with Crippen molar-refractivity contribution in [3.8, 4) is 12.3 Å². The Balaban J connectivity index is 1.36. The average molecular weight is 345 g/mol. The van der Waals surface area contributed by atoms with Crippen LogP contribution < -0.4 is 0 Å². The van der Waals surface area contributed by atoms with Crippen molar-refractivity contribution in [2.45, 2.75) is 44.2 Å². The minimum atomic E-state index is -0.393. The molecule has 0 spiro atoms. The third-order valence-electron chi connectivity index (χ3n) is 5.33. The first kappa shape index (κ1) is 17.9. The van der Waals surface area contributed by atoms with Gasteiger partial charge in [0.1, 0.15) is 0 Å². The van der Waals surface area contributed by atoms with Crippen molar-refractivity contribution in [3.05, 3.63) is 0 Å². The Hall–Kier alpha value is -1.94. The van der Waals surface area contributed by atoms with Crippen LogP contribution in [0.2, 0.25) is 0 Å². The van der Waals surface area contributed by atoms with Gasteiger partial charge in [-0.25, -0.2) is 0 Å². The summed E-state index contributed by atoms with van der Waals surface area (Å²) in [5.74, 6) is 2.92. The zero-order valence-electron chi connectivity index (χ0n) is 14.8. The number of terminal acetylenes is 1. The molecule has 2 fully saturated rings. The number of likely N-dealkylation sites (tertiary alicyclic amines) is 1. The van der Waals surface area contributed by atoms with Crippen molar-refractivity contribution < 1.29 is 9.59 Å².